The minimum Gasteiger partial charge on any atom is -0.494 e. The fourth-order valence-electron chi connectivity index (χ4n) is 3.86. The Bertz CT molecular complexity index is 1460. The molecular weight excluding hydrogens is 584 g/mol. The number of aryl methyl sites for hydroxylation is 1. The van der Waals surface area contributed by atoms with E-state index < -0.39 is 12.0 Å². The van der Waals surface area contributed by atoms with E-state index in [-0.39, 0.29) is 12.2 Å². The number of ether oxygens (including phenoxy) is 2. The molecule has 2 heterocycles. The summed E-state index contributed by atoms with van der Waals surface area (Å²) in [5.41, 5.74) is 3.44. The minimum absolute atomic E-state index is 0.216. The Balaban J connectivity index is 1.94. The molecule has 0 radical (unpaired) electrons. The first kappa shape index (κ1) is 24.6. The summed E-state index contributed by atoms with van der Waals surface area (Å²) >= 11 is 8.31. The van der Waals surface area contributed by atoms with Gasteiger partial charge in [-0.1, -0.05) is 41.2 Å². The number of esters is 1. The lowest BCUT2D eigenvalue weighted by Gasteiger charge is -2.24. The molecule has 0 aliphatic carbocycles. The molecule has 0 N–H and O–H groups in total. The number of nitrogens with zero attached hydrogens (tertiary/aromatic N) is 2. The predicted octanol–water partition coefficient (Wildman–Crippen LogP) is 4.64. The monoisotopic (exact) mass is 604 g/mol. The molecule has 6 nitrogen and oxygen atoms in total. The van der Waals surface area contributed by atoms with Crippen molar-refractivity contribution >= 4 is 55.2 Å². The zero-order chi connectivity index (χ0) is 24.6. The summed E-state index contributed by atoms with van der Waals surface area (Å²) in [6.07, 6.45) is 1.81. The van der Waals surface area contributed by atoms with Crippen LogP contribution in [0.1, 0.15) is 36.6 Å². The van der Waals surface area contributed by atoms with Crippen LogP contribution >= 0.6 is 43.2 Å². The zero-order valence-corrected chi connectivity index (χ0v) is 23.0. The molecular formula is C25H22Br2N2O4S. The minimum atomic E-state index is -0.618. The Morgan fingerprint density at radius 3 is 2.41 bits per heavy atom. The highest BCUT2D eigenvalue weighted by Gasteiger charge is 2.33. The Labute approximate surface area is 217 Å². The van der Waals surface area contributed by atoms with Gasteiger partial charge in [0.25, 0.3) is 5.56 Å². The first-order chi connectivity index (χ1) is 16.2. The van der Waals surface area contributed by atoms with E-state index in [2.05, 4.69) is 36.9 Å². The second kappa shape index (κ2) is 10.0. The number of allylic oxidation sites excluding steroid dienone is 1. The van der Waals surface area contributed by atoms with E-state index in [1.165, 1.54) is 11.3 Å². The van der Waals surface area contributed by atoms with E-state index in [9.17, 15) is 9.59 Å². The molecule has 3 aromatic rings. The van der Waals surface area contributed by atoms with Gasteiger partial charge in [-0.2, -0.15) is 0 Å². The SMILES string of the molecule is CCOC(=O)C1=C(C)N=c2s/c(=C\c3cc(Br)c(OC)c(Br)c3)c(=O)n2[C@H]1c1ccc(C)cc1. The van der Waals surface area contributed by atoms with Crippen LogP contribution in [0.15, 0.2) is 66.4 Å². The van der Waals surface area contributed by atoms with Crippen LogP contribution in [-0.4, -0.2) is 24.3 Å². The van der Waals surface area contributed by atoms with Crippen molar-refractivity contribution in [2.75, 3.05) is 13.7 Å². The Morgan fingerprint density at radius 2 is 1.82 bits per heavy atom. The van der Waals surface area contributed by atoms with Crippen LogP contribution in [0.25, 0.3) is 6.08 Å². The molecule has 176 valence electrons. The Morgan fingerprint density at radius 1 is 1.18 bits per heavy atom. The average molecular weight is 606 g/mol. The van der Waals surface area contributed by atoms with Crippen molar-refractivity contribution in [1.82, 2.24) is 4.57 Å². The van der Waals surface area contributed by atoms with Gasteiger partial charge in [-0.15, -0.1) is 0 Å². The number of hydrogen-bond donors (Lipinski definition) is 0. The number of carbonyl (C=O) groups excluding carboxylic acids is 1. The summed E-state index contributed by atoms with van der Waals surface area (Å²) in [7, 11) is 1.59. The number of methoxy groups -OCH3 is 1. The van der Waals surface area contributed by atoms with E-state index in [1.54, 1.807) is 25.5 Å². The fraction of sp³-hybridized carbons (Fsp3) is 0.240. The van der Waals surface area contributed by atoms with Gasteiger partial charge in [0.15, 0.2) is 4.80 Å². The van der Waals surface area contributed by atoms with Gasteiger partial charge in [0, 0.05) is 0 Å². The average Bonchev–Trinajstić information content (AvgIpc) is 3.08. The van der Waals surface area contributed by atoms with Crippen molar-refractivity contribution in [1.29, 1.82) is 0 Å². The lowest BCUT2D eigenvalue weighted by Crippen LogP contribution is -2.39. The first-order valence-corrected chi connectivity index (χ1v) is 12.9. The Kier molecular flexibility index (Phi) is 7.25. The number of aromatic nitrogens is 1. The molecule has 0 saturated heterocycles. The molecule has 2 aromatic carbocycles. The third kappa shape index (κ3) is 4.56. The molecule has 4 rings (SSSR count). The van der Waals surface area contributed by atoms with E-state index >= 15 is 0 Å². The molecule has 1 aromatic heterocycles. The van der Waals surface area contributed by atoms with Crippen LogP contribution in [0.2, 0.25) is 0 Å². The van der Waals surface area contributed by atoms with Gasteiger partial charge in [0.2, 0.25) is 0 Å². The van der Waals surface area contributed by atoms with E-state index in [4.69, 9.17) is 9.47 Å². The predicted molar refractivity (Wildman–Crippen MR) is 140 cm³/mol. The van der Waals surface area contributed by atoms with Crippen molar-refractivity contribution < 1.29 is 14.3 Å². The van der Waals surface area contributed by atoms with E-state index in [1.807, 2.05) is 49.4 Å². The van der Waals surface area contributed by atoms with Crippen LogP contribution in [0, 0.1) is 6.92 Å². The quantitative estimate of drug-likeness (QED) is 0.397. The summed E-state index contributed by atoms with van der Waals surface area (Å²) in [4.78, 5) is 31.7. The zero-order valence-electron chi connectivity index (χ0n) is 19.0. The highest BCUT2D eigenvalue weighted by molar-refractivity contribution is 9.11. The first-order valence-electron chi connectivity index (χ1n) is 10.5. The lowest BCUT2D eigenvalue weighted by atomic mass is 9.95. The van der Waals surface area contributed by atoms with Crippen molar-refractivity contribution in [3.05, 3.63) is 93.0 Å². The van der Waals surface area contributed by atoms with Gasteiger partial charge in [-0.3, -0.25) is 9.36 Å². The van der Waals surface area contributed by atoms with Gasteiger partial charge in [0.1, 0.15) is 5.75 Å². The Hall–Kier alpha value is -2.49. The highest BCUT2D eigenvalue weighted by Crippen LogP contribution is 2.35. The molecule has 1 aliphatic rings. The third-order valence-electron chi connectivity index (χ3n) is 5.43. The van der Waals surface area contributed by atoms with Crippen LogP contribution in [0.3, 0.4) is 0 Å². The second-order valence-electron chi connectivity index (χ2n) is 7.73. The molecule has 0 unspecified atom stereocenters. The maximum Gasteiger partial charge on any atom is 0.338 e. The molecule has 34 heavy (non-hydrogen) atoms. The maximum atomic E-state index is 13.7. The number of benzene rings is 2. The number of carbonyl (C=O) groups is 1. The van der Waals surface area contributed by atoms with Crippen molar-refractivity contribution in [3.63, 3.8) is 0 Å². The fourth-order valence-corrected chi connectivity index (χ4v) is 6.46. The van der Waals surface area contributed by atoms with Gasteiger partial charge in [-0.05, 0) is 82.0 Å². The van der Waals surface area contributed by atoms with E-state index in [0.717, 1.165) is 25.6 Å². The smallest absolute Gasteiger partial charge is 0.338 e. The third-order valence-corrected chi connectivity index (χ3v) is 7.59. The molecule has 0 spiro atoms. The summed E-state index contributed by atoms with van der Waals surface area (Å²) in [6, 6.07) is 11.0. The van der Waals surface area contributed by atoms with Gasteiger partial charge in [0.05, 0.1) is 44.5 Å². The second-order valence-corrected chi connectivity index (χ2v) is 10.4. The van der Waals surface area contributed by atoms with E-state index in [0.29, 0.717) is 26.4 Å². The number of hydrogen-bond acceptors (Lipinski definition) is 6. The molecule has 9 heteroatoms. The molecule has 0 bridgehead atoms. The van der Waals surface area contributed by atoms with Gasteiger partial charge < -0.3 is 9.47 Å². The maximum absolute atomic E-state index is 13.7. The molecule has 1 atom stereocenters. The summed E-state index contributed by atoms with van der Waals surface area (Å²) in [5, 5.41) is 0. The summed E-state index contributed by atoms with van der Waals surface area (Å²) < 4.78 is 14.3. The number of rotatable bonds is 5. The topological polar surface area (TPSA) is 69.9 Å². The number of fused-ring (bicyclic) bond motifs is 1. The number of thiazole rings is 1. The van der Waals surface area contributed by atoms with Crippen LogP contribution < -0.4 is 19.6 Å². The molecule has 0 amide bonds. The lowest BCUT2D eigenvalue weighted by molar-refractivity contribution is -0.139. The van der Waals surface area contributed by atoms with Crippen molar-refractivity contribution in [3.8, 4) is 5.75 Å². The van der Waals surface area contributed by atoms with Crippen LogP contribution in [0.4, 0.5) is 0 Å². The van der Waals surface area contributed by atoms with Crippen LogP contribution in [0.5, 0.6) is 5.75 Å². The van der Waals surface area contributed by atoms with Crippen molar-refractivity contribution in [2.45, 2.75) is 26.8 Å². The molecule has 0 saturated carbocycles. The highest BCUT2D eigenvalue weighted by atomic mass is 79.9. The van der Waals surface area contributed by atoms with Gasteiger partial charge in [-0.25, -0.2) is 9.79 Å². The van der Waals surface area contributed by atoms with Crippen molar-refractivity contribution in [2.24, 2.45) is 4.99 Å². The standard InChI is InChI=1S/C25H22Br2N2O4S/c1-5-33-24(31)20-14(3)28-25-29(21(20)16-8-6-13(2)7-9-16)23(30)19(34-25)12-15-10-17(26)22(32-4)18(27)11-15/h6-12,21H,5H2,1-4H3/b19-12-/t21-/m0/s1. The molecule has 1 aliphatic heterocycles. The molecule has 0 fully saturated rings. The normalized spacial score (nSPS) is 15.7. The largest absolute Gasteiger partial charge is 0.494 e. The summed E-state index contributed by atoms with van der Waals surface area (Å²) in [5.74, 6) is 0.208. The summed E-state index contributed by atoms with van der Waals surface area (Å²) in [6.45, 7) is 5.77. The number of halogens is 2. The van der Waals surface area contributed by atoms with Gasteiger partial charge >= 0.3 is 5.97 Å². The van der Waals surface area contributed by atoms with Crippen LogP contribution in [-0.2, 0) is 9.53 Å².